The predicted octanol–water partition coefficient (Wildman–Crippen LogP) is 1.54. The molecule has 29 heavy (non-hydrogen) atoms. The molecule has 0 aromatic carbocycles. The zero-order valence-electron chi connectivity index (χ0n) is 18.2. The molecule has 3 unspecified atom stereocenters. The molecular weight excluding hydrogens is 415 g/mol. The van der Waals surface area contributed by atoms with Crippen molar-refractivity contribution in [2.24, 2.45) is 11.8 Å². The quantitative estimate of drug-likeness (QED) is 0.516. The van der Waals surface area contributed by atoms with Crippen LogP contribution in [0.2, 0.25) is 0 Å². The van der Waals surface area contributed by atoms with E-state index in [-0.39, 0.29) is 42.7 Å². The average molecular weight is 455 g/mol. The molecule has 0 radical (unpaired) electrons. The van der Waals surface area contributed by atoms with Crippen LogP contribution in [0.4, 0.5) is 0 Å². The summed E-state index contributed by atoms with van der Waals surface area (Å²) in [6, 6.07) is -0.156. The SMILES string of the molecule is COCCCNC(=O)C(C)N1CCN(C(=O)CC(C)C2CCCNC2)CC1.Cl.Cl. The Labute approximate surface area is 188 Å². The second kappa shape index (κ2) is 15.2. The van der Waals surface area contributed by atoms with E-state index in [2.05, 4.69) is 22.5 Å². The first-order chi connectivity index (χ1) is 13.0. The third kappa shape index (κ3) is 9.39. The van der Waals surface area contributed by atoms with Crippen LogP contribution in [0.3, 0.4) is 0 Å². The molecule has 0 bridgehead atoms. The van der Waals surface area contributed by atoms with Crippen molar-refractivity contribution < 1.29 is 14.3 Å². The maximum absolute atomic E-state index is 12.7. The van der Waals surface area contributed by atoms with Crippen LogP contribution in [0.1, 0.15) is 39.5 Å². The number of nitrogens with one attached hydrogen (secondary N) is 2. The molecule has 2 rings (SSSR count). The van der Waals surface area contributed by atoms with Gasteiger partial charge in [-0.15, -0.1) is 24.8 Å². The van der Waals surface area contributed by atoms with E-state index in [4.69, 9.17) is 4.74 Å². The summed E-state index contributed by atoms with van der Waals surface area (Å²) in [5.74, 6) is 1.37. The first-order valence-corrected chi connectivity index (χ1v) is 10.5. The second-order valence-corrected chi connectivity index (χ2v) is 8.02. The van der Waals surface area contributed by atoms with Crippen molar-refractivity contribution in [2.75, 3.05) is 59.5 Å². The number of piperidine rings is 1. The monoisotopic (exact) mass is 454 g/mol. The van der Waals surface area contributed by atoms with Crippen molar-refractivity contribution in [3.8, 4) is 0 Å². The number of nitrogens with zero attached hydrogens (tertiary/aromatic N) is 2. The molecular formula is C20H40Cl2N4O3. The van der Waals surface area contributed by atoms with Gasteiger partial charge in [0.1, 0.15) is 0 Å². The molecule has 2 aliphatic heterocycles. The average Bonchev–Trinajstić information content (AvgIpc) is 2.71. The Kier molecular flexibility index (Phi) is 14.9. The van der Waals surface area contributed by atoms with Gasteiger partial charge in [-0.2, -0.15) is 0 Å². The van der Waals surface area contributed by atoms with E-state index >= 15 is 0 Å². The molecule has 0 saturated carbocycles. The van der Waals surface area contributed by atoms with Gasteiger partial charge in [-0.3, -0.25) is 14.5 Å². The highest BCUT2D eigenvalue weighted by Crippen LogP contribution is 2.23. The molecule has 3 atom stereocenters. The van der Waals surface area contributed by atoms with E-state index < -0.39 is 0 Å². The first-order valence-electron chi connectivity index (χ1n) is 10.5. The highest BCUT2D eigenvalue weighted by Gasteiger charge is 2.29. The number of hydrogen-bond acceptors (Lipinski definition) is 5. The number of carbonyl (C=O) groups excluding carboxylic acids is 2. The zero-order valence-corrected chi connectivity index (χ0v) is 19.8. The van der Waals surface area contributed by atoms with Gasteiger partial charge in [-0.25, -0.2) is 0 Å². The van der Waals surface area contributed by atoms with E-state index in [9.17, 15) is 9.59 Å². The minimum atomic E-state index is -0.156. The van der Waals surface area contributed by atoms with Crippen LogP contribution in [-0.2, 0) is 14.3 Å². The number of amides is 2. The first kappa shape index (κ1) is 28.4. The van der Waals surface area contributed by atoms with Gasteiger partial charge < -0.3 is 20.3 Å². The molecule has 2 aliphatic rings. The van der Waals surface area contributed by atoms with Crippen LogP contribution >= 0.6 is 24.8 Å². The molecule has 2 heterocycles. The summed E-state index contributed by atoms with van der Waals surface area (Å²) in [5.41, 5.74) is 0. The Morgan fingerprint density at radius 2 is 1.86 bits per heavy atom. The number of piperazine rings is 1. The van der Waals surface area contributed by atoms with Crippen LogP contribution in [0.15, 0.2) is 0 Å². The molecule has 0 spiro atoms. The summed E-state index contributed by atoms with van der Waals surface area (Å²) in [6.07, 6.45) is 3.91. The number of hydrogen-bond donors (Lipinski definition) is 2. The fraction of sp³-hybridized carbons (Fsp3) is 0.900. The highest BCUT2D eigenvalue weighted by atomic mass is 35.5. The van der Waals surface area contributed by atoms with Crippen LogP contribution in [0.5, 0.6) is 0 Å². The smallest absolute Gasteiger partial charge is 0.237 e. The third-order valence-electron chi connectivity index (χ3n) is 6.05. The maximum atomic E-state index is 12.7. The van der Waals surface area contributed by atoms with E-state index in [1.165, 1.54) is 12.8 Å². The molecule has 172 valence electrons. The number of methoxy groups -OCH3 is 1. The van der Waals surface area contributed by atoms with Crippen molar-refractivity contribution in [3.63, 3.8) is 0 Å². The maximum Gasteiger partial charge on any atom is 0.237 e. The number of ether oxygens (including phenoxy) is 1. The minimum Gasteiger partial charge on any atom is -0.385 e. The lowest BCUT2D eigenvalue weighted by Gasteiger charge is -2.38. The Bertz CT molecular complexity index is 471. The summed E-state index contributed by atoms with van der Waals surface area (Å²) in [4.78, 5) is 29.1. The van der Waals surface area contributed by atoms with Crippen molar-refractivity contribution in [1.82, 2.24) is 20.4 Å². The van der Waals surface area contributed by atoms with Gasteiger partial charge in [0.2, 0.25) is 11.8 Å². The van der Waals surface area contributed by atoms with Gasteiger partial charge in [0.05, 0.1) is 6.04 Å². The molecule has 2 fully saturated rings. The van der Waals surface area contributed by atoms with Crippen molar-refractivity contribution in [2.45, 2.75) is 45.6 Å². The molecule has 0 aromatic heterocycles. The Balaban J connectivity index is 0.00000392. The van der Waals surface area contributed by atoms with E-state index in [1.54, 1.807) is 7.11 Å². The van der Waals surface area contributed by atoms with Crippen LogP contribution in [0.25, 0.3) is 0 Å². The summed E-state index contributed by atoms with van der Waals surface area (Å²) >= 11 is 0. The summed E-state index contributed by atoms with van der Waals surface area (Å²) in [5, 5.41) is 6.41. The number of carbonyl (C=O) groups is 2. The highest BCUT2D eigenvalue weighted by molar-refractivity contribution is 5.85. The third-order valence-corrected chi connectivity index (χ3v) is 6.05. The normalized spacial score (nSPS) is 22.0. The van der Waals surface area contributed by atoms with Crippen molar-refractivity contribution in [3.05, 3.63) is 0 Å². The molecule has 2 saturated heterocycles. The van der Waals surface area contributed by atoms with E-state index in [1.807, 2.05) is 11.8 Å². The van der Waals surface area contributed by atoms with Gasteiger partial charge >= 0.3 is 0 Å². The van der Waals surface area contributed by atoms with Gasteiger partial charge in [-0.05, 0) is 51.1 Å². The molecule has 0 aromatic rings. The number of rotatable bonds is 9. The topological polar surface area (TPSA) is 73.9 Å². The van der Waals surface area contributed by atoms with Crippen molar-refractivity contribution >= 4 is 36.6 Å². The van der Waals surface area contributed by atoms with Crippen LogP contribution in [0, 0.1) is 11.8 Å². The largest absolute Gasteiger partial charge is 0.385 e. The van der Waals surface area contributed by atoms with Gasteiger partial charge in [0, 0.05) is 52.9 Å². The van der Waals surface area contributed by atoms with E-state index in [0.29, 0.717) is 31.4 Å². The van der Waals surface area contributed by atoms with Gasteiger partial charge in [0.25, 0.3) is 0 Å². The molecule has 2 N–H and O–H groups in total. The standard InChI is InChI=1S/C20H38N4O3.2ClH/c1-16(18-6-4-7-21-15-18)14-19(25)24-11-9-23(10-12-24)17(2)20(26)22-8-5-13-27-3;;/h16-18,21H,4-15H2,1-3H3,(H,22,26);2*1H. The minimum absolute atomic E-state index is 0. The lowest BCUT2D eigenvalue weighted by Crippen LogP contribution is -2.55. The fourth-order valence-corrected chi connectivity index (χ4v) is 4.04. The van der Waals surface area contributed by atoms with Crippen molar-refractivity contribution in [1.29, 1.82) is 0 Å². The zero-order chi connectivity index (χ0) is 19.6. The lowest BCUT2D eigenvalue weighted by molar-refractivity contribution is -0.135. The molecule has 7 nitrogen and oxygen atoms in total. The van der Waals surface area contributed by atoms with Gasteiger partial charge in [0.15, 0.2) is 0 Å². The van der Waals surface area contributed by atoms with Crippen LogP contribution < -0.4 is 10.6 Å². The fourth-order valence-electron chi connectivity index (χ4n) is 4.04. The Hall–Kier alpha value is -0.600. The lowest BCUT2D eigenvalue weighted by atomic mass is 9.85. The second-order valence-electron chi connectivity index (χ2n) is 8.02. The molecule has 0 aliphatic carbocycles. The Morgan fingerprint density at radius 3 is 2.45 bits per heavy atom. The summed E-state index contributed by atoms with van der Waals surface area (Å²) in [6.45, 7) is 10.6. The predicted molar refractivity (Wildman–Crippen MR) is 121 cm³/mol. The summed E-state index contributed by atoms with van der Waals surface area (Å²) in [7, 11) is 1.66. The number of halogens is 2. The Morgan fingerprint density at radius 1 is 1.17 bits per heavy atom. The van der Waals surface area contributed by atoms with E-state index in [0.717, 1.165) is 45.7 Å². The van der Waals surface area contributed by atoms with Gasteiger partial charge in [-0.1, -0.05) is 6.92 Å². The van der Waals surface area contributed by atoms with Crippen LogP contribution in [-0.4, -0.2) is 87.2 Å². The summed E-state index contributed by atoms with van der Waals surface area (Å²) < 4.78 is 5.00. The molecule has 2 amide bonds. The molecule has 9 heteroatoms.